The van der Waals surface area contributed by atoms with E-state index in [0.29, 0.717) is 64.0 Å². The summed E-state index contributed by atoms with van der Waals surface area (Å²) in [5.41, 5.74) is 29.6. The van der Waals surface area contributed by atoms with Crippen molar-refractivity contribution >= 4 is 57.2 Å². The van der Waals surface area contributed by atoms with Crippen molar-refractivity contribution in [3.63, 3.8) is 0 Å². The van der Waals surface area contributed by atoms with E-state index >= 15 is 0 Å². The van der Waals surface area contributed by atoms with Gasteiger partial charge in [0.05, 0.1) is 12.5 Å². The molecular formula is C53H81N9O10. The molecule has 0 aliphatic carbocycles. The van der Waals surface area contributed by atoms with Crippen molar-refractivity contribution in [1.29, 1.82) is 0 Å². The number of nitrogens with zero attached hydrogens (tertiary/aromatic N) is 2. The topological polar surface area (TPSA) is 325 Å². The average Bonchev–Trinajstić information content (AvgIpc) is 3.32. The third-order valence-electron chi connectivity index (χ3n) is 11.9. The van der Waals surface area contributed by atoms with Crippen LogP contribution in [0.4, 0.5) is 0 Å². The Bertz CT molecular complexity index is 2460. The van der Waals surface area contributed by atoms with Gasteiger partial charge in [0.1, 0.15) is 41.3 Å². The number of methoxy groups -OCH3 is 1. The molecule has 72 heavy (non-hydrogen) atoms. The normalized spacial score (nSPS) is 11.8. The number of phenolic OH excluding ortho intramolecular Hbond substituents is 1. The molecule has 0 spiro atoms. The highest BCUT2D eigenvalue weighted by Gasteiger charge is 2.27. The van der Waals surface area contributed by atoms with Crippen molar-refractivity contribution in [3.05, 3.63) is 56.8 Å². The number of unbranched alkanes of at least 4 members (excludes halogenated alkanes) is 5. The van der Waals surface area contributed by atoms with Gasteiger partial charge in [-0.15, -0.1) is 0 Å². The van der Waals surface area contributed by atoms with Crippen LogP contribution in [0, 0.1) is 11.8 Å². The van der Waals surface area contributed by atoms with Crippen LogP contribution in [0.2, 0.25) is 0 Å². The number of aliphatic imine (C=N–C) groups is 2. The molecule has 0 saturated heterocycles. The minimum Gasteiger partial charge on any atom is -0.507 e. The van der Waals surface area contributed by atoms with Crippen LogP contribution in [0.1, 0.15) is 129 Å². The van der Waals surface area contributed by atoms with Gasteiger partial charge in [-0.25, -0.2) is 0 Å². The first-order valence-electron chi connectivity index (χ1n) is 25.2. The van der Waals surface area contributed by atoms with E-state index in [2.05, 4.69) is 27.5 Å². The van der Waals surface area contributed by atoms with Gasteiger partial charge in [-0.2, -0.15) is 0 Å². The molecule has 398 valence electrons. The Morgan fingerprint density at radius 3 is 1.67 bits per heavy atom. The van der Waals surface area contributed by atoms with E-state index < -0.39 is 30.5 Å². The van der Waals surface area contributed by atoms with Gasteiger partial charge in [0, 0.05) is 74.1 Å². The second kappa shape index (κ2) is 31.7. The Kier molecular flexibility index (Phi) is 26.2. The third-order valence-corrected chi connectivity index (χ3v) is 11.9. The van der Waals surface area contributed by atoms with Gasteiger partial charge in [-0.05, 0) is 92.0 Å². The standard InChI is InChI=1S/C53H81N9O10/c1-7-8-9-12-23-59-50(67)35(16-14-25-61-52(55)56)27-37(63)31-70-41-29-43-46(47(65)39(41)20-18-33(2)3)48(66)45-40(21-19-34(4)5)49(69-6)44(30-42(45)72-43)71-32-38(64)28-36(17-15-26-62-53(57)58)51(68)60-24-13-10-11-22-54/h18-19,29-30,35-36,65H,7-17,20-28,31-32,54H2,1-6H3,(H,59,67)(H,60,68)(H4,55,56,61)(H4,57,58,62). The molecular weight excluding hydrogens is 923 g/mol. The van der Waals surface area contributed by atoms with Crippen LogP contribution < -0.4 is 58.9 Å². The van der Waals surface area contributed by atoms with Gasteiger partial charge in [0.2, 0.25) is 17.2 Å². The highest BCUT2D eigenvalue weighted by Crippen LogP contribution is 2.42. The van der Waals surface area contributed by atoms with E-state index in [1.54, 1.807) is 0 Å². The Morgan fingerprint density at radius 2 is 1.18 bits per heavy atom. The van der Waals surface area contributed by atoms with Gasteiger partial charge in [-0.1, -0.05) is 55.9 Å². The number of ketones is 2. The van der Waals surface area contributed by atoms with E-state index in [1.807, 2.05) is 39.8 Å². The molecule has 0 aliphatic heterocycles. The number of carbonyl (C=O) groups excluding carboxylic acids is 4. The lowest BCUT2D eigenvalue weighted by Crippen LogP contribution is -2.33. The Balaban J connectivity index is 2.06. The summed E-state index contributed by atoms with van der Waals surface area (Å²) < 4.78 is 24.6. The van der Waals surface area contributed by atoms with Crippen molar-refractivity contribution < 1.29 is 42.9 Å². The van der Waals surface area contributed by atoms with Crippen LogP contribution in [0.25, 0.3) is 21.9 Å². The molecule has 2 aromatic carbocycles. The number of hydrogen-bond donors (Lipinski definition) is 8. The summed E-state index contributed by atoms with van der Waals surface area (Å²) in [6, 6.07) is 2.92. The Morgan fingerprint density at radius 1 is 0.694 bits per heavy atom. The first-order valence-corrected chi connectivity index (χ1v) is 25.2. The predicted molar refractivity (Wildman–Crippen MR) is 285 cm³/mol. The smallest absolute Gasteiger partial charge is 0.223 e. The third kappa shape index (κ3) is 19.9. The number of nitrogens with two attached hydrogens (primary N) is 5. The second-order valence-electron chi connectivity index (χ2n) is 18.6. The van der Waals surface area contributed by atoms with Crippen molar-refractivity contribution in [2.45, 2.75) is 131 Å². The van der Waals surface area contributed by atoms with Crippen molar-refractivity contribution in [3.8, 4) is 23.0 Å². The maximum atomic E-state index is 14.8. The fraction of sp³-hybridized carbons (Fsp3) is 0.566. The number of aromatic hydroxyl groups is 1. The van der Waals surface area contributed by atoms with E-state index in [-0.39, 0.29) is 111 Å². The summed E-state index contributed by atoms with van der Waals surface area (Å²) in [7, 11) is 1.42. The number of Topliss-reactive ketones (excluding diaryl/α,β-unsaturated/α-hetero) is 2. The summed E-state index contributed by atoms with van der Waals surface area (Å²) in [5.74, 6) is -2.67. The zero-order chi connectivity index (χ0) is 53.2. The van der Waals surface area contributed by atoms with Gasteiger partial charge in [0.25, 0.3) is 0 Å². The summed E-state index contributed by atoms with van der Waals surface area (Å²) >= 11 is 0. The molecule has 0 saturated carbocycles. The van der Waals surface area contributed by atoms with Crippen LogP contribution in [0.3, 0.4) is 0 Å². The average molecular weight is 1000 g/mol. The number of phenols is 1. The lowest BCUT2D eigenvalue weighted by molar-refractivity contribution is -0.130. The first-order chi connectivity index (χ1) is 34.4. The minimum atomic E-state index is -0.671. The zero-order valence-corrected chi connectivity index (χ0v) is 43.4. The van der Waals surface area contributed by atoms with Crippen LogP contribution in [-0.2, 0) is 32.0 Å². The molecule has 19 nitrogen and oxygen atoms in total. The highest BCUT2D eigenvalue weighted by molar-refractivity contribution is 5.98. The molecule has 0 bridgehead atoms. The fourth-order valence-electron chi connectivity index (χ4n) is 8.10. The minimum absolute atomic E-state index is 0.0357. The molecule has 2 unspecified atom stereocenters. The zero-order valence-electron chi connectivity index (χ0n) is 43.4. The molecule has 3 rings (SSSR count). The summed E-state index contributed by atoms with van der Waals surface area (Å²) in [4.78, 5) is 76.7. The molecule has 13 N–H and O–H groups in total. The molecule has 3 aromatic rings. The lowest BCUT2D eigenvalue weighted by Gasteiger charge is -2.19. The molecule has 2 amide bonds. The van der Waals surface area contributed by atoms with Crippen molar-refractivity contribution in [2.24, 2.45) is 50.5 Å². The lowest BCUT2D eigenvalue weighted by atomic mass is 9.96. The summed E-state index contributed by atoms with van der Waals surface area (Å²) in [6.07, 6.45) is 11.9. The number of allylic oxidation sites excluding steroid dienone is 4. The van der Waals surface area contributed by atoms with E-state index in [0.717, 1.165) is 56.1 Å². The molecule has 1 heterocycles. The van der Waals surface area contributed by atoms with Crippen LogP contribution in [0.15, 0.2) is 54.6 Å². The van der Waals surface area contributed by atoms with Crippen molar-refractivity contribution in [1.82, 2.24) is 10.6 Å². The number of rotatable bonds is 35. The molecule has 1 aromatic heterocycles. The van der Waals surface area contributed by atoms with Gasteiger partial charge >= 0.3 is 0 Å². The summed E-state index contributed by atoms with van der Waals surface area (Å²) in [5, 5.41) is 17.9. The Hall–Kier alpha value is -6.63. The van der Waals surface area contributed by atoms with Crippen LogP contribution >= 0.6 is 0 Å². The fourth-order valence-corrected chi connectivity index (χ4v) is 8.10. The molecule has 19 heteroatoms. The number of hydrogen-bond acceptors (Lipinski definition) is 13. The summed E-state index contributed by atoms with van der Waals surface area (Å²) in [6.45, 7) is 10.9. The molecule has 0 aliphatic rings. The van der Waals surface area contributed by atoms with E-state index in [4.69, 9.17) is 47.3 Å². The molecule has 0 fully saturated rings. The first kappa shape index (κ1) is 59.7. The SMILES string of the molecule is CCCCCCNC(=O)C(CCCN=C(N)N)CC(=O)COc1cc2oc3cc(OCC(=O)CC(CCCN=C(N)N)C(=O)NCCCCCN)c(OC)c(CC=C(C)C)c3c(=O)c2c(O)c1CC=C(C)C. The van der Waals surface area contributed by atoms with E-state index in [1.165, 1.54) is 19.2 Å². The number of benzene rings is 2. The van der Waals surface area contributed by atoms with Gasteiger partial charge in [-0.3, -0.25) is 34.0 Å². The maximum Gasteiger partial charge on any atom is 0.223 e. The van der Waals surface area contributed by atoms with Crippen LogP contribution in [-0.4, -0.2) is 93.5 Å². The van der Waals surface area contributed by atoms with Crippen LogP contribution in [0.5, 0.6) is 23.0 Å². The van der Waals surface area contributed by atoms with Gasteiger partial charge in [0.15, 0.2) is 35.0 Å². The number of carbonyl (C=O) groups is 4. The van der Waals surface area contributed by atoms with Crippen molar-refractivity contribution in [2.75, 3.05) is 53.0 Å². The highest BCUT2D eigenvalue weighted by atomic mass is 16.5. The maximum absolute atomic E-state index is 14.8. The largest absolute Gasteiger partial charge is 0.507 e. The predicted octanol–water partition coefficient (Wildman–Crippen LogP) is 5.64. The number of guanidine groups is 2. The monoisotopic (exact) mass is 1000 g/mol. The number of ether oxygens (including phenoxy) is 3. The van der Waals surface area contributed by atoms with E-state index in [9.17, 15) is 29.1 Å². The second-order valence-corrected chi connectivity index (χ2v) is 18.6. The van der Waals surface area contributed by atoms with Gasteiger partial charge < -0.3 is 63.0 Å². The number of fused-ring (bicyclic) bond motifs is 2. The number of nitrogens with one attached hydrogen (secondary N) is 2. The number of amides is 2. The Labute approximate surface area is 423 Å². The molecule has 0 radical (unpaired) electrons. The quantitative estimate of drug-likeness (QED) is 0.0116. The molecule has 2 atom stereocenters.